The first-order valence-corrected chi connectivity index (χ1v) is 5.97. The number of hydrogen-bond acceptors (Lipinski definition) is 4. The number of nitrogens with one attached hydrogen (secondary N) is 1. The second-order valence-electron chi connectivity index (χ2n) is 3.77. The maximum absolute atomic E-state index is 10.7. The minimum absolute atomic E-state index is 0.0707. The third-order valence-electron chi connectivity index (χ3n) is 2.48. The number of benzene rings is 1. The quantitative estimate of drug-likeness (QED) is 0.875. The Morgan fingerprint density at radius 2 is 2.12 bits per heavy atom. The second-order valence-corrected chi connectivity index (χ2v) is 4.63. The molecule has 2 N–H and O–H groups in total. The maximum atomic E-state index is 10.7. The van der Waals surface area contributed by atoms with E-state index in [-0.39, 0.29) is 5.69 Å². The predicted octanol–water partition coefficient (Wildman–Crippen LogP) is 3.20. The number of hydrogen-bond donors (Lipinski definition) is 2. The van der Waals surface area contributed by atoms with E-state index in [9.17, 15) is 4.79 Å². The van der Waals surface area contributed by atoms with Crippen molar-refractivity contribution in [2.45, 2.75) is 13.8 Å². The summed E-state index contributed by atoms with van der Waals surface area (Å²) in [5, 5.41) is 14.0. The Hall–Kier alpha value is -1.88. The number of carboxylic acids is 1. The summed E-state index contributed by atoms with van der Waals surface area (Å²) in [4.78, 5) is 14.6. The molecule has 1 aromatic carbocycles. The normalized spacial score (nSPS) is 10.2. The molecule has 88 valence electrons. The zero-order valence-electron chi connectivity index (χ0n) is 9.52. The number of carboxylic acid groups (broad SMARTS) is 1. The molecule has 1 aromatic heterocycles. The van der Waals surface area contributed by atoms with Gasteiger partial charge in [-0.2, -0.15) is 0 Å². The highest BCUT2D eigenvalue weighted by atomic mass is 32.1. The molecule has 2 aromatic rings. The Balaban J connectivity index is 2.19. The molecule has 4 nitrogen and oxygen atoms in total. The molecule has 0 atom stereocenters. The number of nitrogens with zero attached hydrogens (tertiary/aromatic N) is 1. The van der Waals surface area contributed by atoms with Crippen LogP contribution in [0.2, 0.25) is 0 Å². The predicted molar refractivity (Wildman–Crippen MR) is 68.3 cm³/mol. The highest BCUT2D eigenvalue weighted by Gasteiger charge is 2.08. The van der Waals surface area contributed by atoms with E-state index < -0.39 is 5.97 Å². The van der Waals surface area contributed by atoms with Crippen molar-refractivity contribution in [1.82, 2.24) is 4.98 Å². The van der Waals surface area contributed by atoms with Crippen LogP contribution in [0.1, 0.15) is 21.6 Å². The highest BCUT2D eigenvalue weighted by Crippen LogP contribution is 2.22. The molecule has 0 aliphatic rings. The molecule has 0 spiro atoms. The Morgan fingerprint density at radius 3 is 2.71 bits per heavy atom. The summed E-state index contributed by atoms with van der Waals surface area (Å²) in [5.74, 6) is -1.01. The van der Waals surface area contributed by atoms with Crippen LogP contribution in [-0.2, 0) is 0 Å². The lowest BCUT2D eigenvalue weighted by atomic mass is 10.1. The average molecular weight is 248 g/mol. The number of rotatable bonds is 3. The van der Waals surface area contributed by atoms with E-state index in [1.54, 1.807) is 0 Å². The number of anilines is 2. The van der Waals surface area contributed by atoms with Gasteiger partial charge in [0.05, 0.1) is 0 Å². The number of aryl methyl sites for hydroxylation is 2. The molecule has 2 rings (SSSR count). The average Bonchev–Trinajstić information content (AvgIpc) is 2.72. The van der Waals surface area contributed by atoms with Gasteiger partial charge in [0.2, 0.25) is 0 Å². The lowest BCUT2D eigenvalue weighted by Crippen LogP contribution is -1.97. The molecule has 0 saturated carbocycles. The minimum Gasteiger partial charge on any atom is -0.476 e. The molecule has 1 heterocycles. The van der Waals surface area contributed by atoms with Crippen LogP contribution >= 0.6 is 11.3 Å². The largest absolute Gasteiger partial charge is 0.476 e. The summed E-state index contributed by atoms with van der Waals surface area (Å²) in [6, 6.07) is 5.98. The topological polar surface area (TPSA) is 62.2 Å². The van der Waals surface area contributed by atoms with Gasteiger partial charge in [-0.1, -0.05) is 6.07 Å². The first-order chi connectivity index (χ1) is 8.06. The lowest BCUT2D eigenvalue weighted by molar-refractivity contribution is 0.0691. The standard InChI is InChI=1S/C12H12N2O2S/c1-7-3-4-9(5-8(7)2)13-12-14-10(6-17-12)11(15)16/h3-6H,1-2H3,(H,13,14)(H,15,16). The summed E-state index contributed by atoms with van der Waals surface area (Å²) in [6.45, 7) is 4.08. The van der Waals surface area contributed by atoms with Crippen LogP contribution in [0.4, 0.5) is 10.8 Å². The van der Waals surface area contributed by atoms with Gasteiger partial charge in [-0.3, -0.25) is 0 Å². The summed E-state index contributed by atoms with van der Waals surface area (Å²) in [6.07, 6.45) is 0. The van der Waals surface area contributed by atoms with Gasteiger partial charge in [0.15, 0.2) is 10.8 Å². The Bertz CT molecular complexity index is 563. The van der Waals surface area contributed by atoms with Gasteiger partial charge >= 0.3 is 5.97 Å². The Kier molecular flexibility index (Phi) is 3.10. The fraction of sp³-hybridized carbons (Fsp3) is 0.167. The van der Waals surface area contributed by atoms with E-state index >= 15 is 0 Å². The Labute approximate surface area is 103 Å². The van der Waals surface area contributed by atoms with Crippen LogP contribution in [-0.4, -0.2) is 16.1 Å². The van der Waals surface area contributed by atoms with Gasteiger partial charge in [-0.15, -0.1) is 11.3 Å². The summed E-state index contributed by atoms with van der Waals surface area (Å²) in [5.41, 5.74) is 3.40. The van der Waals surface area contributed by atoms with Crippen LogP contribution in [0.25, 0.3) is 0 Å². The molecule has 0 bridgehead atoms. The number of thiazole rings is 1. The molecular formula is C12H12N2O2S. The van der Waals surface area contributed by atoms with Crippen LogP contribution < -0.4 is 5.32 Å². The molecule has 5 heteroatoms. The van der Waals surface area contributed by atoms with Gasteiger partial charge in [0, 0.05) is 11.1 Å². The molecular weight excluding hydrogens is 236 g/mol. The first-order valence-electron chi connectivity index (χ1n) is 5.09. The second kappa shape index (κ2) is 4.55. The summed E-state index contributed by atoms with van der Waals surface area (Å²) in [7, 11) is 0. The van der Waals surface area contributed by atoms with Crippen LogP contribution in [0, 0.1) is 13.8 Å². The van der Waals surface area contributed by atoms with Crippen molar-refractivity contribution in [3.63, 3.8) is 0 Å². The van der Waals surface area contributed by atoms with Gasteiger partial charge < -0.3 is 10.4 Å². The summed E-state index contributed by atoms with van der Waals surface area (Å²) < 4.78 is 0. The van der Waals surface area contributed by atoms with E-state index in [0.29, 0.717) is 5.13 Å². The smallest absolute Gasteiger partial charge is 0.355 e. The van der Waals surface area contributed by atoms with Crippen molar-refractivity contribution in [3.8, 4) is 0 Å². The molecule has 0 unspecified atom stereocenters. The van der Waals surface area contributed by atoms with Crippen molar-refractivity contribution in [1.29, 1.82) is 0 Å². The van der Waals surface area contributed by atoms with Gasteiger partial charge in [-0.05, 0) is 37.1 Å². The zero-order chi connectivity index (χ0) is 12.4. The van der Waals surface area contributed by atoms with Crippen molar-refractivity contribution in [2.24, 2.45) is 0 Å². The van der Waals surface area contributed by atoms with Crippen LogP contribution in [0.3, 0.4) is 0 Å². The van der Waals surface area contributed by atoms with Crippen LogP contribution in [0.5, 0.6) is 0 Å². The van der Waals surface area contributed by atoms with E-state index in [4.69, 9.17) is 5.11 Å². The fourth-order valence-electron chi connectivity index (χ4n) is 1.37. The summed E-state index contributed by atoms with van der Waals surface area (Å²) >= 11 is 1.28. The molecule has 0 aliphatic heterocycles. The van der Waals surface area contributed by atoms with E-state index in [1.807, 2.05) is 32.0 Å². The van der Waals surface area contributed by atoms with E-state index in [1.165, 1.54) is 27.8 Å². The number of carbonyl (C=O) groups is 1. The maximum Gasteiger partial charge on any atom is 0.355 e. The molecule has 0 amide bonds. The van der Waals surface area contributed by atoms with Crippen molar-refractivity contribution in [2.75, 3.05) is 5.32 Å². The Morgan fingerprint density at radius 1 is 1.35 bits per heavy atom. The fourth-order valence-corrected chi connectivity index (χ4v) is 2.08. The van der Waals surface area contributed by atoms with Gasteiger partial charge in [0.1, 0.15) is 0 Å². The van der Waals surface area contributed by atoms with Gasteiger partial charge in [0.25, 0.3) is 0 Å². The zero-order valence-corrected chi connectivity index (χ0v) is 10.3. The minimum atomic E-state index is -1.01. The SMILES string of the molecule is Cc1ccc(Nc2nc(C(=O)O)cs2)cc1C. The highest BCUT2D eigenvalue weighted by molar-refractivity contribution is 7.14. The third kappa shape index (κ3) is 2.62. The van der Waals surface area contributed by atoms with Crippen molar-refractivity contribution < 1.29 is 9.90 Å². The molecule has 0 fully saturated rings. The number of aromatic nitrogens is 1. The number of aromatic carboxylic acids is 1. The van der Waals surface area contributed by atoms with Crippen molar-refractivity contribution in [3.05, 3.63) is 40.4 Å². The monoisotopic (exact) mass is 248 g/mol. The van der Waals surface area contributed by atoms with Crippen LogP contribution in [0.15, 0.2) is 23.6 Å². The first kappa shape index (κ1) is 11.6. The molecule has 0 aliphatic carbocycles. The lowest BCUT2D eigenvalue weighted by Gasteiger charge is -2.05. The van der Waals surface area contributed by atoms with Gasteiger partial charge in [-0.25, -0.2) is 9.78 Å². The van der Waals surface area contributed by atoms with Crippen molar-refractivity contribution >= 4 is 28.1 Å². The third-order valence-corrected chi connectivity index (χ3v) is 3.24. The van der Waals surface area contributed by atoms with E-state index in [2.05, 4.69) is 10.3 Å². The molecule has 17 heavy (non-hydrogen) atoms. The molecule has 0 radical (unpaired) electrons. The molecule has 0 saturated heterocycles. The van der Waals surface area contributed by atoms with E-state index in [0.717, 1.165) is 5.69 Å².